The highest BCUT2D eigenvalue weighted by Crippen LogP contribution is 2.24. The van der Waals surface area contributed by atoms with E-state index < -0.39 is 5.97 Å². The molecule has 1 aromatic carbocycles. The van der Waals surface area contributed by atoms with Gasteiger partial charge in [0.15, 0.2) is 0 Å². The van der Waals surface area contributed by atoms with Gasteiger partial charge in [0.1, 0.15) is 22.9 Å². The quantitative estimate of drug-likeness (QED) is 0.752. The molecule has 0 radical (unpaired) electrons. The summed E-state index contributed by atoms with van der Waals surface area (Å²) in [4.78, 5) is 15.8. The smallest absolute Gasteiger partial charge is 0.339 e. The highest BCUT2D eigenvalue weighted by molar-refractivity contribution is 5.98. The number of anilines is 1. The molecule has 112 valence electrons. The monoisotopic (exact) mass is 298 g/mol. The molecule has 0 atom stereocenters. The molecule has 6 heteroatoms. The Kier molecular flexibility index (Phi) is 3.65. The minimum absolute atomic E-state index is 0.115. The summed E-state index contributed by atoms with van der Waals surface area (Å²) >= 11 is 0. The van der Waals surface area contributed by atoms with Crippen molar-refractivity contribution in [1.29, 1.82) is 0 Å². The Morgan fingerprint density at radius 1 is 1.36 bits per heavy atom. The number of aromatic nitrogens is 1. The van der Waals surface area contributed by atoms with Crippen LogP contribution in [0.3, 0.4) is 0 Å². The lowest BCUT2D eigenvalue weighted by Gasteiger charge is -2.10. The number of fused-ring (bicyclic) bond motifs is 1. The maximum atomic E-state index is 11.4. The van der Waals surface area contributed by atoms with E-state index in [0.717, 1.165) is 5.39 Å². The molecule has 0 aliphatic carbocycles. The van der Waals surface area contributed by atoms with Crippen LogP contribution in [0.15, 0.2) is 47.1 Å². The predicted molar refractivity (Wildman–Crippen MR) is 81.3 cm³/mol. The zero-order valence-electron chi connectivity index (χ0n) is 11.9. The number of carboxylic acids is 1. The van der Waals surface area contributed by atoms with Crippen molar-refractivity contribution in [3.05, 3.63) is 54.0 Å². The molecule has 0 fully saturated rings. The summed E-state index contributed by atoms with van der Waals surface area (Å²) < 4.78 is 10.4. The van der Waals surface area contributed by atoms with E-state index in [0.29, 0.717) is 29.4 Å². The Balaban J connectivity index is 2.00. The molecule has 0 amide bonds. The van der Waals surface area contributed by atoms with Gasteiger partial charge >= 0.3 is 5.97 Å². The van der Waals surface area contributed by atoms with Crippen molar-refractivity contribution in [3.8, 4) is 5.75 Å². The summed E-state index contributed by atoms with van der Waals surface area (Å²) in [5, 5.41) is 13.1. The van der Waals surface area contributed by atoms with Crippen molar-refractivity contribution in [2.45, 2.75) is 6.54 Å². The number of benzene rings is 1. The van der Waals surface area contributed by atoms with E-state index in [2.05, 4.69) is 10.3 Å². The Morgan fingerprint density at radius 2 is 2.23 bits per heavy atom. The van der Waals surface area contributed by atoms with E-state index in [9.17, 15) is 9.90 Å². The van der Waals surface area contributed by atoms with Crippen LogP contribution in [0, 0.1) is 0 Å². The number of carboxylic acid groups (broad SMARTS) is 1. The van der Waals surface area contributed by atoms with E-state index in [1.807, 2.05) is 0 Å². The molecular weight excluding hydrogens is 284 g/mol. The molecule has 22 heavy (non-hydrogen) atoms. The van der Waals surface area contributed by atoms with Crippen molar-refractivity contribution in [2.24, 2.45) is 0 Å². The van der Waals surface area contributed by atoms with Crippen LogP contribution in [-0.4, -0.2) is 23.2 Å². The molecular formula is C16H14N2O4. The lowest BCUT2D eigenvalue weighted by atomic mass is 10.1. The zero-order chi connectivity index (χ0) is 15.5. The Bertz CT molecular complexity index is 812. The largest absolute Gasteiger partial charge is 0.497 e. The maximum absolute atomic E-state index is 11.4. The third-order valence-corrected chi connectivity index (χ3v) is 3.27. The highest BCUT2D eigenvalue weighted by atomic mass is 16.5. The number of nitrogens with zero attached hydrogens (tertiary/aromatic N) is 1. The minimum Gasteiger partial charge on any atom is -0.497 e. The zero-order valence-corrected chi connectivity index (χ0v) is 11.9. The third kappa shape index (κ3) is 2.71. The van der Waals surface area contributed by atoms with Crippen molar-refractivity contribution >= 4 is 22.7 Å². The van der Waals surface area contributed by atoms with Crippen LogP contribution in [-0.2, 0) is 6.54 Å². The minimum atomic E-state index is -1.04. The van der Waals surface area contributed by atoms with Gasteiger partial charge in [0.05, 0.1) is 25.4 Å². The highest BCUT2D eigenvalue weighted by Gasteiger charge is 2.14. The second kappa shape index (κ2) is 5.77. The fourth-order valence-electron chi connectivity index (χ4n) is 2.16. The molecule has 0 bridgehead atoms. The van der Waals surface area contributed by atoms with E-state index in [4.69, 9.17) is 9.15 Å². The molecule has 2 heterocycles. The Labute approximate surface area is 126 Å². The second-order valence-corrected chi connectivity index (χ2v) is 4.68. The number of pyridine rings is 1. The number of methoxy groups -OCH3 is 1. The summed E-state index contributed by atoms with van der Waals surface area (Å²) in [6.07, 6.45) is 1.56. The van der Waals surface area contributed by atoms with Crippen molar-refractivity contribution in [2.75, 3.05) is 12.4 Å². The summed E-state index contributed by atoms with van der Waals surface area (Å²) in [6, 6.07) is 10.5. The number of hydrogen-bond donors (Lipinski definition) is 2. The topological polar surface area (TPSA) is 84.6 Å². The van der Waals surface area contributed by atoms with Gasteiger partial charge in [-0.25, -0.2) is 9.78 Å². The Morgan fingerprint density at radius 3 is 2.91 bits per heavy atom. The number of hydrogen-bond acceptors (Lipinski definition) is 5. The molecule has 6 nitrogen and oxygen atoms in total. The van der Waals surface area contributed by atoms with Crippen molar-refractivity contribution in [1.82, 2.24) is 4.98 Å². The lowest BCUT2D eigenvalue weighted by molar-refractivity contribution is 0.0697. The average Bonchev–Trinajstić information content (AvgIpc) is 3.04. The molecule has 2 aromatic heterocycles. The molecule has 0 saturated carbocycles. The van der Waals surface area contributed by atoms with Gasteiger partial charge < -0.3 is 19.6 Å². The molecule has 0 spiro atoms. The first-order valence-electron chi connectivity index (χ1n) is 6.65. The number of ether oxygens (including phenoxy) is 1. The average molecular weight is 298 g/mol. The summed E-state index contributed by atoms with van der Waals surface area (Å²) in [7, 11) is 1.57. The number of nitrogens with one attached hydrogen (secondary N) is 1. The van der Waals surface area contributed by atoms with Crippen molar-refractivity contribution in [3.63, 3.8) is 0 Å². The van der Waals surface area contributed by atoms with Gasteiger partial charge in [-0.1, -0.05) is 0 Å². The van der Waals surface area contributed by atoms with Crippen LogP contribution < -0.4 is 10.1 Å². The number of carbonyl (C=O) groups is 1. The normalized spacial score (nSPS) is 10.6. The SMILES string of the molecule is COc1ccc2cc(C(=O)O)c(NCc3ccco3)nc2c1. The lowest BCUT2D eigenvalue weighted by Crippen LogP contribution is -2.08. The van der Waals surface area contributed by atoms with Gasteiger partial charge in [0.2, 0.25) is 0 Å². The molecule has 3 rings (SSSR count). The van der Waals surface area contributed by atoms with Gasteiger partial charge in [-0.15, -0.1) is 0 Å². The molecule has 0 aliphatic heterocycles. The van der Waals surface area contributed by atoms with Gasteiger partial charge in [-0.05, 0) is 30.3 Å². The fourth-order valence-corrected chi connectivity index (χ4v) is 2.16. The van der Waals surface area contributed by atoms with Crippen LogP contribution in [0.1, 0.15) is 16.1 Å². The summed E-state index contributed by atoms with van der Waals surface area (Å²) in [6.45, 7) is 0.357. The van der Waals surface area contributed by atoms with Crippen LogP contribution >= 0.6 is 0 Å². The summed E-state index contributed by atoms with van der Waals surface area (Å²) in [5.74, 6) is 0.626. The van der Waals surface area contributed by atoms with E-state index in [1.54, 1.807) is 49.8 Å². The first-order chi connectivity index (χ1) is 10.7. The second-order valence-electron chi connectivity index (χ2n) is 4.68. The Hall–Kier alpha value is -3.02. The maximum Gasteiger partial charge on any atom is 0.339 e. The van der Waals surface area contributed by atoms with Crippen LogP contribution in [0.5, 0.6) is 5.75 Å². The number of furan rings is 1. The molecule has 0 saturated heterocycles. The van der Waals surface area contributed by atoms with E-state index in [-0.39, 0.29) is 5.56 Å². The predicted octanol–water partition coefficient (Wildman–Crippen LogP) is 3.15. The van der Waals surface area contributed by atoms with Gasteiger partial charge in [-0.3, -0.25) is 0 Å². The van der Waals surface area contributed by atoms with Gasteiger partial charge in [-0.2, -0.15) is 0 Å². The molecule has 0 aliphatic rings. The number of aromatic carboxylic acids is 1. The first-order valence-corrected chi connectivity index (χ1v) is 6.65. The summed E-state index contributed by atoms with van der Waals surface area (Å²) in [5.41, 5.74) is 0.774. The van der Waals surface area contributed by atoms with Gasteiger partial charge in [0.25, 0.3) is 0 Å². The van der Waals surface area contributed by atoms with Crippen LogP contribution in [0.2, 0.25) is 0 Å². The van der Waals surface area contributed by atoms with E-state index in [1.165, 1.54) is 0 Å². The van der Waals surface area contributed by atoms with Crippen LogP contribution in [0.25, 0.3) is 10.9 Å². The number of rotatable bonds is 5. The van der Waals surface area contributed by atoms with Crippen LogP contribution in [0.4, 0.5) is 5.82 Å². The molecule has 3 aromatic rings. The van der Waals surface area contributed by atoms with Crippen molar-refractivity contribution < 1.29 is 19.1 Å². The standard InChI is InChI=1S/C16H14N2O4/c1-21-11-5-4-10-7-13(16(19)20)15(18-14(10)8-11)17-9-12-3-2-6-22-12/h2-8H,9H2,1H3,(H,17,18)(H,19,20). The van der Waals surface area contributed by atoms with Gasteiger partial charge in [0, 0.05) is 11.5 Å². The molecule has 2 N–H and O–H groups in total. The van der Waals surface area contributed by atoms with E-state index >= 15 is 0 Å². The third-order valence-electron chi connectivity index (χ3n) is 3.27. The first kappa shape index (κ1) is 13.9. The molecule has 0 unspecified atom stereocenters. The fraction of sp³-hybridized carbons (Fsp3) is 0.125.